The highest BCUT2D eigenvalue weighted by Gasteiger charge is 2.60. The lowest BCUT2D eigenvalue weighted by Gasteiger charge is -2.33. The van der Waals surface area contributed by atoms with Gasteiger partial charge < -0.3 is 0 Å². The van der Waals surface area contributed by atoms with Gasteiger partial charge in [-0.15, -0.1) is 0 Å². The highest BCUT2D eigenvalue weighted by Crippen LogP contribution is 2.51. The molecule has 1 spiro atoms. The number of aromatic nitrogens is 2. The third-order valence-electron chi connectivity index (χ3n) is 8.23. The van der Waals surface area contributed by atoms with Crippen LogP contribution in [0, 0.1) is 11.8 Å². The lowest BCUT2D eigenvalue weighted by Crippen LogP contribution is -2.52. The largest absolute Gasteiger partial charge is 0.402 e. The first-order valence-electron chi connectivity index (χ1n) is 12.2. The fraction of sp³-hybridized carbons (Fsp3) is 0.423. The fourth-order valence-electron chi connectivity index (χ4n) is 6.50. The lowest BCUT2D eigenvalue weighted by atomic mass is 9.79. The first kappa shape index (κ1) is 24.9. The number of nitrogens with one attached hydrogen (secondary N) is 1. The van der Waals surface area contributed by atoms with Gasteiger partial charge in [0.2, 0.25) is 0 Å². The summed E-state index contributed by atoms with van der Waals surface area (Å²) < 4.78 is 69.9. The number of hydrogen-bond donors (Lipinski definition) is 1. The molecule has 1 saturated carbocycles. The molecule has 0 unspecified atom stereocenters. The molecule has 1 N–H and O–H groups in total. The molecule has 6 rings (SSSR count). The van der Waals surface area contributed by atoms with Crippen molar-refractivity contribution in [3.05, 3.63) is 64.7 Å². The van der Waals surface area contributed by atoms with Gasteiger partial charge in [-0.3, -0.25) is 4.68 Å². The van der Waals surface area contributed by atoms with Crippen LogP contribution in [-0.4, -0.2) is 47.3 Å². The summed E-state index contributed by atoms with van der Waals surface area (Å²) in [7, 11) is -2.31. The summed E-state index contributed by atoms with van der Waals surface area (Å²) in [4.78, 5) is 0. The van der Waals surface area contributed by atoms with Crippen molar-refractivity contribution >= 4 is 21.8 Å². The predicted octanol–water partition coefficient (Wildman–Crippen LogP) is 4.98. The molecule has 11 heteroatoms. The number of rotatable bonds is 3. The second kappa shape index (κ2) is 8.56. The molecule has 1 saturated heterocycles. The van der Waals surface area contributed by atoms with Crippen molar-refractivity contribution in [2.45, 2.75) is 37.4 Å². The molecule has 1 aliphatic heterocycles. The summed E-state index contributed by atoms with van der Waals surface area (Å²) in [5, 5.41) is 5.37. The maximum absolute atomic E-state index is 13.1. The molecule has 2 bridgehead atoms. The normalized spacial score (nSPS) is 26.9. The molecule has 2 fully saturated rings. The number of alkyl halides is 3. The van der Waals surface area contributed by atoms with Gasteiger partial charge in [0.05, 0.1) is 16.9 Å². The summed E-state index contributed by atoms with van der Waals surface area (Å²) >= 11 is 6.03. The summed E-state index contributed by atoms with van der Waals surface area (Å²) in [5.74, 6) is -0.126. The minimum Gasteiger partial charge on any atom is -0.267 e. The highest BCUT2D eigenvalue weighted by atomic mass is 35.5. The van der Waals surface area contributed by atoms with Crippen LogP contribution in [0.15, 0.2) is 48.5 Å². The Morgan fingerprint density at radius 2 is 1.68 bits per heavy atom. The molecule has 37 heavy (non-hydrogen) atoms. The van der Waals surface area contributed by atoms with Crippen LogP contribution in [0.1, 0.15) is 24.0 Å². The van der Waals surface area contributed by atoms with E-state index >= 15 is 0 Å². The van der Waals surface area contributed by atoms with Crippen molar-refractivity contribution in [3.8, 4) is 22.5 Å². The molecule has 3 atom stereocenters. The number of nitrogens with zero attached hydrogens (tertiary/aromatic N) is 3. The molecule has 2 aliphatic carbocycles. The summed E-state index contributed by atoms with van der Waals surface area (Å²) in [6.07, 6.45) is -1.78. The number of hydrogen-bond acceptors (Lipinski definition) is 3. The van der Waals surface area contributed by atoms with Gasteiger partial charge in [0.15, 0.2) is 0 Å². The van der Waals surface area contributed by atoms with Gasteiger partial charge in [0, 0.05) is 24.2 Å². The number of aryl methyl sites for hydroxylation is 1. The molecule has 3 aromatic rings. The van der Waals surface area contributed by atoms with Crippen LogP contribution >= 0.6 is 11.6 Å². The second-order valence-corrected chi connectivity index (χ2v) is 12.5. The Labute approximate surface area is 218 Å². The lowest BCUT2D eigenvalue weighted by molar-refractivity contribution is -0.136. The van der Waals surface area contributed by atoms with Gasteiger partial charge in [0.1, 0.15) is 6.54 Å². The summed E-state index contributed by atoms with van der Waals surface area (Å²) in [5.41, 5.74) is 5.07. The van der Waals surface area contributed by atoms with E-state index in [1.165, 1.54) is 0 Å². The van der Waals surface area contributed by atoms with E-state index < -0.39 is 28.5 Å². The van der Waals surface area contributed by atoms with Crippen molar-refractivity contribution in [1.29, 1.82) is 0 Å². The van der Waals surface area contributed by atoms with Crippen LogP contribution in [0.2, 0.25) is 5.02 Å². The first-order valence-corrected chi connectivity index (χ1v) is 14.0. The van der Waals surface area contributed by atoms with Crippen molar-refractivity contribution in [2.75, 3.05) is 13.1 Å². The van der Waals surface area contributed by atoms with E-state index in [2.05, 4.69) is 16.9 Å². The average molecular weight is 551 g/mol. The zero-order valence-electron chi connectivity index (χ0n) is 20.1. The Balaban J connectivity index is 1.31. The van der Waals surface area contributed by atoms with Crippen LogP contribution in [0.5, 0.6) is 0 Å². The van der Waals surface area contributed by atoms with Crippen LogP contribution in [0.4, 0.5) is 13.2 Å². The highest BCUT2D eigenvalue weighted by molar-refractivity contribution is 7.87. The van der Waals surface area contributed by atoms with Gasteiger partial charge in [-0.1, -0.05) is 35.9 Å². The molecule has 196 valence electrons. The fourth-order valence-corrected chi connectivity index (χ4v) is 8.34. The van der Waals surface area contributed by atoms with E-state index in [-0.39, 0.29) is 18.4 Å². The summed E-state index contributed by atoms with van der Waals surface area (Å²) in [6.45, 7) is -1.61. The Morgan fingerprint density at radius 1 is 1.03 bits per heavy atom. The quantitative estimate of drug-likeness (QED) is 0.500. The van der Waals surface area contributed by atoms with Crippen molar-refractivity contribution in [1.82, 2.24) is 18.8 Å². The van der Waals surface area contributed by atoms with E-state index in [1.807, 2.05) is 48.1 Å². The smallest absolute Gasteiger partial charge is 0.267 e. The van der Waals surface area contributed by atoms with Crippen LogP contribution in [0.3, 0.4) is 0 Å². The minimum atomic E-state index is -4.59. The van der Waals surface area contributed by atoms with Gasteiger partial charge in [-0.2, -0.15) is 35.7 Å². The van der Waals surface area contributed by atoms with E-state index in [1.54, 1.807) is 0 Å². The van der Waals surface area contributed by atoms with Crippen LogP contribution in [-0.2, 0) is 30.1 Å². The van der Waals surface area contributed by atoms with Crippen molar-refractivity contribution < 1.29 is 21.6 Å². The van der Waals surface area contributed by atoms with Gasteiger partial charge in [-0.05, 0) is 78.5 Å². The van der Waals surface area contributed by atoms with E-state index in [4.69, 9.17) is 16.7 Å². The average Bonchev–Trinajstić information content (AvgIpc) is 3.38. The second-order valence-electron chi connectivity index (χ2n) is 10.4. The molecule has 6 nitrogen and oxygen atoms in total. The number of fused-ring (bicyclic) bond motifs is 1. The predicted molar refractivity (Wildman–Crippen MR) is 135 cm³/mol. The van der Waals surface area contributed by atoms with Crippen molar-refractivity contribution in [3.63, 3.8) is 0 Å². The Hall–Kier alpha value is -2.40. The van der Waals surface area contributed by atoms with E-state index in [0.717, 1.165) is 46.5 Å². The maximum atomic E-state index is 13.1. The van der Waals surface area contributed by atoms with Crippen LogP contribution in [0.25, 0.3) is 22.5 Å². The molecular formula is C26H26ClF3N4O2S. The maximum Gasteiger partial charge on any atom is 0.402 e. The Bertz CT molecular complexity index is 1470. The van der Waals surface area contributed by atoms with Crippen LogP contribution < -0.4 is 4.72 Å². The third-order valence-corrected chi connectivity index (χ3v) is 10.1. The number of benzene rings is 2. The van der Waals surface area contributed by atoms with E-state index in [0.29, 0.717) is 22.2 Å². The zero-order chi connectivity index (χ0) is 26.2. The molecule has 3 aliphatic rings. The SMILES string of the molecule is Cn1nc(-c2ccc3c(c2)C[C@@H]2CC[C@H](C3)[C@]23CN(CC(F)(F)F)S(=O)(=O)N3)cc1-c1ccc(Cl)cc1. The molecule has 1 aromatic heterocycles. The zero-order valence-corrected chi connectivity index (χ0v) is 21.7. The first-order chi connectivity index (χ1) is 17.4. The third kappa shape index (κ3) is 4.37. The standard InChI is InChI=1S/C26H26ClF3N4O2S/c1-33-24(16-4-8-22(27)9-5-16)13-23(31-33)18-3-2-17-11-20-6-7-21(12-19(17)10-18)25(20)14-34(15-26(28,29)30)37(35,36)32-25/h2-5,8-10,13,20-21,32H,6-7,11-12,14-15H2,1H3/t20-,21+,25-/m1/s1. The summed E-state index contributed by atoms with van der Waals surface area (Å²) in [6, 6.07) is 15.8. The Morgan fingerprint density at radius 3 is 2.35 bits per heavy atom. The molecule has 2 heterocycles. The van der Waals surface area contributed by atoms with Gasteiger partial charge in [-0.25, -0.2) is 0 Å². The van der Waals surface area contributed by atoms with Crippen molar-refractivity contribution in [2.24, 2.45) is 18.9 Å². The molecule has 0 radical (unpaired) electrons. The van der Waals surface area contributed by atoms with Gasteiger partial charge >= 0.3 is 6.18 Å². The van der Waals surface area contributed by atoms with E-state index in [9.17, 15) is 21.6 Å². The molecular weight excluding hydrogens is 525 g/mol. The minimum absolute atomic E-state index is 0.0519. The molecule has 0 amide bonds. The number of halogens is 4. The molecule has 2 aromatic carbocycles. The Kier molecular flexibility index (Phi) is 5.76. The topological polar surface area (TPSA) is 67.2 Å². The monoisotopic (exact) mass is 550 g/mol. The van der Waals surface area contributed by atoms with Gasteiger partial charge in [0.25, 0.3) is 10.2 Å².